The van der Waals surface area contributed by atoms with Gasteiger partial charge in [-0.25, -0.2) is 4.39 Å². The highest BCUT2D eigenvalue weighted by atomic mass is 35.5. The van der Waals surface area contributed by atoms with Gasteiger partial charge >= 0.3 is 0 Å². The molecule has 1 saturated carbocycles. The summed E-state index contributed by atoms with van der Waals surface area (Å²) >= 11 is 0. The van der Waals surface area contributed by atoms with Crippen molar-refractivity contribution in [2.45, 2.75) is 50.7 Å². The Hall–Kier alpha value is -1.33. The maximum absolute atomic E-state index is 12.8. The summed E-state index contributed by atoms with van der Waals surface area (Å²) < 4.78 is 18.4. The number of nitrogens with one attached hydrogen (secondary N) is 1. The van der Waals surface area contributed by atoms with Crippen LogP contribution in [-0.2, 0) is 4.79 Å². The summed E-state index contributed by atoms with van der Waals surface area (Å²) in [4.78, 5) is 12.2. The molecule has 1 fully saturated rings. The highest BCUT2D eigenvalue weighted by molar-refractivity contribution is 5.86. The van der Waals surface area contributed by atoms with Crippen LogP contribution in [0.2, 0.25) is 0 Å². The van der Waals surface area contributed by atoms with Gasteiger partial charge in [-0.05, 0) is 44.0 Å². The van der Waals surface area contributed by atoms with E-state index in [2.05, 4.69) is 5.32 Å². The number of hydrogen-bond acceptors (Lipinski definition) is 3. The molecular formula is C16H24ClFN2O2. The number of hydrogen-bond donors (Lipinski definition) is 2. The van der Waals surface area contributed by atoms with Crippen LogP contribution in [0.15, 0.2) is 24.3 Å². The third kappa shape index (κ3) is 5.14. The number of benzene rings is 1. The zero-order valence-corrected chi connectivity index (χ0v) is 13.6. The molecule has 0 bridgehead atoms. The Morgan fingerprint density at radius 2 is 1.91 bits per heavy atom. The number of halogens is 2. The van der Waals surface area contributed by atoms with Gasteiger partial charge in [0.05, 0.1) is 12.1 Å². The van der Waals surface area contributed by atoms with E-state index in [0.29, 0.717) is 12.3 Å². The molecule has 1 atom stereocenters. The summed E-state index contributed by atoms with van der Waals surface area (Å²) in [5.74, 6) is 0.181. The molecular weight excluding hydrogens is 307 g/mol. The lowest BCUT2D eigenvalue weighted by molar-refractivity contribution is -0.127. The molecule has 0 saturated heterocycles. The molecule has 124 valence electrons. The summed E-state index contributed by atoms with van der Waals surface area (Å²) in [5.41, 5.74) is 5.44. The van der Waals surface area contributed by atoms with E-state index in [1.807, 2.05) is 6.92 Å². The molecule has 2 rings (SSSR count). The van der Waals surface area contributed by atoms with Gasteiger partial charge < -0.3 is 15.8 Å². The first-order valence-corrected chi connectivity index (χ1v) is 7.49. The van der Waals surface area contributed by atoms with Crippen LogP contribution >= 0.6 is 12.4 Å². The van der Waals surface area contributed by atoms with Crippen LogP contribution in [0, 0.1) is 5.82 Å². The van der Waals surface area contributed by atoms with Crippen molar-refractivity contribution in [1.82, 2.24) is 5.32 Å². The topological polar surface area (TPSA) is 64.4 Å². The standard InChI is InChI=1S/C16H23FN2O2.ClH/c1-12(21-14-7-5-13(17)6-8-14)11-19-15(20)16(18)9-3-2-4-10-16;/h5-8,12H,2-4,9-11,18H2,1H3,(H,19,20);1H. The van der Waals surface area contributed by atoms with Crippen LogP contribution in [0.3, 0.4) is 0 Å². The molecule has 1 amide bonds. The minimum Gasteiger partial charge on any atom is -0.489 e. The van der Waals surface area contributed by atoms with Gasteiger partial charge in [0.1, 0.15) is 17.7 Å². The first kappa shape index (κ1) is 18.7. The van der Waals surface area contributed by atoms with E-state index in [4.69, 9.17) is 10.5 Å². The van der Waals surface area contributed by atoms with Crippen molar-refractivity contribution in [1.29, 1.82) is 0 Å². The Kier molecular flexibility index (Phi) is 7.10. The van der Waals surface area contributed by atoms with Gasteiger partial charge in [0.25, 0.3) is 0 Å². The van der Waals surface area contributed by atoms with Gasteiger partial charge in [-0.15, -0.1) is 12.4 Å². The molecule has 0 aromatic heterocycles. The van der Waals surface area contributed by atoms with E-state index in [0.717, 1.165) is 32.1 Å². The Morgan fingerprint density at radius 1 is 1.32 bits per heavy atom. The minimum atomic E-state index is -0.728. The number of carbonyl (C=O) groups is 1. The van der Waals surface area contributed by atoms with Crippen molar-refractivity contribution < 1.29 is 13.9 Å². The summed E-state index contributed by atoms with van der Waals surface area (Å²) in [6.07, 6.45) is 4.44. The highest BCUT2D eigenvalue weighted by Crippen LogP contribution is 2.25. The predicted octanol–water partition coefficient (Wildman–Crippen LogP) is 2.79. The Balaban J connectivity index is 0.00000242. The summed E-state index contributed by atoms with van der Waals surface area (Å²) in [7, 11) is 0. The third-order valence-corrected chi connectivity index (χ3v) is 3.90. The predicted molar refractivity (Wildman–Crippen MR) is 86.8 cm³/mol. The first-order chi connectivity index (χ1) is 9.99. The van der Waals surface area contributed by atoms with Crippen LogP contribution < -0.4 is 15.8 Å². The van der Waals surface area contributed by atoms with Crippen LogP contribution in [-0.4, -0.2) is 24.1 Å². The largest absolute Gasteiger partial charge is 0.489 e. The molecule has 4 nitrogen and oxygen atoms in total. The van der Waals surface area contributed by atoms with E-state index in [1.54, 1.807) is 12.1 Å². The molecule has 0 spiro atoms. The van der Waals surface area contributed by atoms with E-state index in [-0.39, 0.29) is 30.2 Å². The zero-order valence-electron chi connectivity index (χ0n) is 12.8. The molecule has 1 aromatic carbocycles. The summed E-state index contributed by atoms with van der Waals surface area (Å²) in [6, 6.07) is 5.83. The normalized spacial score (nSPS) is 18.0. The van der Waals surface area contributed by atoms with Crippen molar-refractivity contribution in [3.63, 3.8) is 0 Å². The van der Waals surface area contributed by atoms with Gasteiger partial charge in [0.15, 0.2) is 0 Å². The van der Waals surface area contributed by atoms with E-state index >= 15 is 0 Å². The highest BCUT2D eigenvalue weighted by Gasteiger charge is 2.35. The smallest absolute Gasteiger partial charge is 0.240 e. The zero-order chi connectivity index (χ0) is 15.3. The molecule has 1 aliphatic rings. The monoisotopic (exact) mass is 330 g/mol. The maximum atomic E-state index is 12.8. The van der Waals surface area contributed by atoms with E-state index in [9.17, 15) is 9.18 Å². The Labute approximate surface area is 137 Å². The second-order valence-electron chi connectivity index (χ2n) is 5.81. The number of amides is 1. The van der Waals surface area contributed by atoms with Crippen LogP contribution in [0.5, 0.6) is 5.75 Å². The van der Waals surface area contributed by atoms with Gasteiger partial charge in [-0.3, -0.25) is 4.79 Å². The number of ether oxygens (including phenoxy) is 1. The fourth-order valence-electron chi connectivity index (χ4n) is 2.61. The Bertz CT molecular complexity index is 476. The van der Waals surface area contributed by atoms with Crippen molar-refractivity contribution in [2.24, 2.45) is 5.73 Å². The average molecular weight is 331 g/mol. The average Bonchev–Trinajstić information content (AvgIpc) is 2.48. The van der Waals surface area contributed by atoms with Crippen molar-refractivity contribution in [3.8, 4) is 5.75 Å². The van der Waals surface area contributed by atoms with Crippen LogP contribution in [0.1, 0.15) is 39.0 Å². The van der Waals surface area contributed by atoms with Crippen LogP contribution in [0.25, 0.3) is 0 Å². The maximum Gasteiger partial charge on any atom is 0.240 e. The lowest BCUT2D eigenvalue weighted by Gasteiger charge is -2.32. The second-order valence-corrected chi connectivity index (χ2v) is 5.81. The van der Waals surface area contributed by atoms with Crippen molar-refractivity contribution in [2.75, 3.05) is 6.54 Å². The molecule has 0 radical (unpaired) electrons. The number of nitrogens with two attached hydrogens (primary N) is 1. The lowest BCUT2D eigenvalue weighted by atomic mass is 9.82. The number of rotatable bonds is 5. The van der Waals surface area contributed by atoms with E-state index in [1.165, 1.54) is 12.1 Å². The lowest BCUT2D eigenvalue weighted by Crippen LogP contribution is -2.56. The van der Waals surface area contributed by atoms with Gasteiger partial charge in [0, 0.05) is 0 Å². The molecule has 3 N–H and O–H groups in total. The SMILES string of the molecule is CC(CNC(=O)C1(N)CCCCC1)Oc1ccc(F)cc1.Cl. The van der Waals surface area contributed by atoms with E-state index < -0.39 is 5.54 Å². The molecule has 1 aliphatic carbocycles. The molecule has 1 unspecified atom stereocenters. The van der Waals surface area contributed by atoms with Crippen LogP contribution in [0.4, 0.5) is 4.39 Å². The fraction of sp³-hybridized carbons (Fsp3) is 0.562. The van der Waals surface area contributed by atoms with Gasteiger partial charge in [0.2, 0.25) is 5.91 Å². The molecule has 22 heavy (non-hydrogen) atoms. The van der Waals surface area contributed by atoms with Crippen molar-refractivity contribution in [3.05, 3.63) is 30.1 Å². The van der Waals surface area contributed by atoms with Gasteiger partial charge in [-0.1, -0.05) is 19.3 Å². The summed E-state index contributed by atoms with van der Waals surface area (Å²) in [6.45, 7) is 2.24. The van der Waals surface area contributed by atoms with Gasteiger partial charge in [-0.2, -0.15) is 0 Å². The van der Waals surface area contributed by atoms with Crippen molar-refractivity contribution >= 4 is 18.3 Å². The molecule has 6 heteroatoms. The molecule has 1 aromatic rings. The molecule has 0 heterocycles. The molecule has 0 aliphatic heterocycles. The second kappa shape index (κ2) is 8.34. The minimum absolute atomic E-state index is 0. The summed E-state index contributed by atoms with van der Waals surface area (Å²) in [5, 5.41) is 2.86. The first-order valence-electron chi connectivity index (χ1n) is 7.49. The fourth-order valence-corrected chi connectivity index (χ4v) is 2.61. The number of carbonyl (C=O) groups excluding carboxylic acids is 1. The quantitative estimate of drug-likeness (QED) is 0.872. The Morgan fingerprint density at radius 3 is 2.50 bits per heavy atom. The third-order valence-electron chi connectivity index (χ3n) is 3.90.